The zero-order valence-corrected chi connectivity index (χ0v) is 9.29. The third kappa shape index (κ3) is 1.71. The summed E-state index contributed by atoms with van der Waals surface area (Å²) in [6, 6.07) is 3.33. The van der Waals surface area contributed by atoms with Crippen LogP contribution in [0.1, 0.15) is 5.56 Å². The van der Waals surface area contributed by atoms with Gasteiger partial charge in [0.15, 0.2) is 0 Å². The number of carbonyl (C=O) groups excluding carboxylic acids is 2. The molecule has 1 aromatic heterocycles. The van der Waals surface area contributed by atoms with Crippen molar-refractivity contribution in [2.45, 2.75) is 12.5 Å². The highest BCUT2D eigenvalue weighted by atomic mass is 19.1. The van der Waals surface area contributed by atoms with Gasteiger partial charge in [0.25, 0.3) is 5.91 Å². The molecular formula is C12H10FN3O2. The molecule has 1 aliphatic heterocycles. The second-order valence-electron chi connectivity index (χ2n) is 4.22. The molecule has 5 nitrogen and oxygen atoms in total. The third-order valence-electron chi connectivity index (χ3n) is 3.01. The summed E-state index contributed by atoms with van der Waals surface area (Å²) in [5, 5.41) is 5.41. The third-order valence-corrected chi connectivity index (χ3v) is 3.01. The molecule has 1 saturated heterocycles. The van der Waals surface area contributed by atoms with E-state index in [1.54, 1.807) is 12.3 Å². The summed E-state index contributed by atoms with van der Waals surface area (Å²) in [5.41, 5.74) is 1.60. The molecule has 1 aromatic carbocycles. The first kappa shape index (κ1) is 10.8. The minimum Gasteiger partial charge on any atom is -0.361 e. The van der Waals surface area contributed by atoms with Gasteiger partial charge in [0.05, 0.1) is 0 Å². The lowest BCUT2D eigenvalue weighted by Crippen LogP contribution is -2.30. The molecule has 6 heteroatoms. The first-order chi connectivity index (χ1) is 8.63. The molecule has 92 valence electrons. The zero-order valence-electron chi connectivity index (χ0n) is 9.29. The van der Waals surface area contributed by atoms with Gasteiger partial charge in [-0.2, -0.15) is 0 Å². The Morgan fingerprint density at radius 2 is 2.11 bits per heavy atom. The molecule has 1 unspecified atom stereocenters. The maximum Gasteiger partial charge on any atom is 0.322 e. The fourth-order valence-electron chi connectivity index (χ4n) is 2.14. The summed E-state index contributed by atoms with van der Waals surface area (Å²) in [6.45, 7) is 0. The number of hydrogen-bond donors (Lipinski definition) is 3. The van der Waals surface area contributed by atoms with Gasteiger partial charge >= 0.3 is 6.03 Å². The summed E-state index contributed by atoms with van der Waals surface area (Å²) in [5.74, 6) is -0.686. The fourth-order valence-corrected chi connectivity index (χ4v) is 2.14. The molecule has 3 N–H and O–H groups in total. The van der Waals surface area contributed by atoms with Gasteiger partial charge in [0, 0.05) is 23.5 Å². The summed E-state index contributed by atoms with van der Waals surface area (Å²) < 4.78 is 13.2. The van der Waals surface area contributed by atoms with Crippen LogP contribution in [0.15, 0.2) is 24.4 Å². The second kappa shape index (κ2) is 3.83. The molecule has 0 aliphatic carbocycles. The lowest BCUT2D eigenvalue weighted by molar-refractivity contribution is -0.120. The van der Waals surface area contributed by atoms with Crippen LogP contribution in [-0.2, 0) is 11.2 Å². The van der Waals surface area contributed by atoms with Crippen LogP contribution in [0.5, 0.6) is 0 Å². The second-order valence-corrected chi connectivity index (χ2v) is 4.22. The van der Waals surface area contributed by atoms with Gasteiger partial charge in [-0.3, -0.25) is 10.1 Å². The highest BCUT2D eigenvalue weighted by molar-refractivity contribution is 6.04. The van der Waals surface area contributed by atoms with Crippen molar-refractivity contribution in [1.82, 2.24) is 15.6 Å². The number of carbonyl (C=O) groups is 2. The number of aromatic nitrogens is 1. The van der Waals surface area contributed by atoms with Crippen molar-refractivity contribution in [2.75, 3.05) is 0 Å². The number of nitrogens with one attached hydrogen (secondary N) is 3. The van der Waals surface area contributed by atoms with Crippen LogP contribution in [0, 0.1) is 5.82 Å². The molecule has 2 aromatic rings. The van der Waals surface area contributed by atoms with Crippen LogP contribution in [-0.4, -0.2) is 23.0 Å². The Labute approximate surface area is 101 Å². The Balaban J connectivity index is 1.93. The number of halogens is 1. The van der Waals surface area contributed by atoms with Crippen LogP contribution >= 0.6 is 0 Å². The number of imide groups is 1. The van der Waals surface area contributed by atoms with E-state index in [0.717, 1.165) is 16.5 Å². The minimum absolute atomic E-state index is 0.330. The lowest BCUT2D eigenvalue weighted by atomic mass is 10.1. The van der Waals surface area contributed by atoms with Gasteiger partial charge in [0.1, 0.15) is 11.9 Å². The maximum atomic E-state index is 13.2. The minimum atomic E-state index is -0.597. The number of rotatable bonds is 2. The number of fused-ring (bicyclic) bond motifs is 1. The van der Waals surface area contributed by atoms with E-state index in [2.05, 4.69) is 15.6 Å². The Hall–Kier alpha value is -2.37. The number of amides is 3. The number of urea groups is 1. The normalized spacial score (nSPS) is 19.1. The zero-order chi connectivity index (χ0) is 12.7. The van der Waals surface area contributed by atoms with E-state index in [1.165, 1.54) is 12.1 Å². The van der Waals surface area contributed by atoms with Gasteiger partial charge in [-0.25, -0.2) is 9.18 Å². The standard InChI is InChI=1S/C12H10FN3O2/c13-7-1-2-9-8(4-7)6(5-14-9)3-10-11(17)16-12(18)15-10/h1-2,4-5,10,14H,3H2,(H2,15,16,17,18). The number of benzene rings is 1. The van der Waals surface area contributed by atoms with Crippen LogP contribution in [0.4, 0.5) is 9.18 Å². The van der Waals surface area contributed by atoms with Crippen LogP contribution in [0.3, 0.4) is 0 Å². The van der Waals surface area contributed by atoms with Crippen molar-refractivity contribution < 1.29 is 14.0 Å². The van der Waals surface area contributed by atoms with Gasteiger partial charge in [0.2, 0.25) is 0 Å². The summed E-state index contributed by atoms with van der Waals surface area (Å²) in [7, 11) is 0. The molecule has 1 atom stereocenters. The number of H-pyrrole nitrogens is 1. The topological polar surface area (TPSA) is 74.0 Å². The molecule has 2 heterocycles. The molecule has 0 spiro atoms. The Morgan fingerprint density at radius 3 is 2.83 bits per heavy atom. The van der Waals surface area contributed by atoms with Crippen molar-refractivity contribution in [1.29, 1.82) is 0 Å². The fraction of sp³-hybridized carbons (Fsp3) is 0.167. The van der Waals surface area contributed by atoms with E-state index in [9.17, 15) is 14.0 Å². The molecule has 0 saturated carbocycles. The molecule has 1 aliphatic rings. The molecular weight excluding hydrogens is 237 g/mol. The van der Waals surface area contributed by atoms with Crippen molar-refractivity contribution in [3.05, 3.63) is 35.8 Å². The van der Waals surface area contributed by atoms with Gasteiger partial charge in [-0.15, -0.1) is 0 Å². The van der Waals surface area contributed by atoms with E-state index in [4.69, 9.17) is 0 Å². The molecule has 3 rings (SSSR count). The Bertz CT molecular complexity index is 650. The van der Waals surface area contributed by atoms with Gasteiger partial charge < -0.3 is 10.3 Å². The van der Waals surface area contributed by atoms with Crippen LogP contribution < -0.4 is 10.6 Å². The van der Waals surface area contributed by atoms with E-state index in [-0.39, 0.29) is 11.7 Å². The predicted molar refractivity (Wildman–Crippen MR) is 62.4 cm³/mol. The molecule has 0 radical (unpaired) electrons. The van der Waals surface area contributed by atoms with Crippen molar-refractivity contribution >= 4 is 22.8 Å². The number of hydrogen-bond acceptors (Lipinski definition) is 2. The average molecular weight is 247 g/mol. The van der Waals surface area contributed by atoms with Gasteiger partial charge in [-0.05, 0) is 23.8 Å². The quantitative estimate of drug-likeness (QED) is 0.694. The summed E-state index contributed by atoms with van der Waals surface area (Å²) in [6.07, 6.45) is 2.06. The summed E-state index contributed by atoms with van der Waals surface area (Å²) in [4.78, 5) is 25.4. The van der Waals surface area contributed by atoms with Crippen LogP contribution in [0.25, 0.3) is 10.9 Å². The van der Waals surface area contributed by atoms with Gasteiger partial charge in [-0.1, -0.05) is 0 Å². The highest BCUT2D eigenvalue weighted by Gasteiger charge is 2.29. The SMILES string of the molecule is O=C1NC(=O)C(Cc2c[nH]c3ccc(F)cc23)N1. The largest absolute Gasteiger partial charge is 0.361 e. The Kier molecular flexibility index (Phi) is 2.29. The lowest BCUT2D eigenvalue weighted by Gasteiger charge is -2.05. The number of aromatic amines is 1. The van der Waals surface area contributed by atoms with Crippen LogP contribution in [0.2, 0.25) is 0 Å². The smallest absolute Gasteiger partial charge is 0.322 e. The van der Waals surface area contributed by atoms with E-state index in [1.807, 2.05) is 0 Å². The first-order valence-electron chi connectivity index (χ1n) is 5.50. The van der Waals surface area contributed by atoms with Crippen molar-refractivity contribution in [2.24, 2.45) is 0 Å². The van der Waals surface area contributed by atoms with E-state index in [0.29, 0.717) is 6.42 Å². The Morgan fingerprint density at radius 1 is 1.28 bits per heavy atom. The van der Waals surface area contributed by atoms with E-state index >= 15 is 0 Å². The molecule has 18 heavy (non-hydrogen) atoms. The van der Waals surface area contributed by atoms with Crippen molar-refractivity contribution in [3.63, 3.8) is 0 Å². The predicted octanol–water partition coefficient (Wildman–Crippen LogP) is 1.06. The monoisotopic (exact) mass is 247 g/mol. The average Bonchev–Trinajstić information content (AvgIpc) is 2.84. The highest BCUT2D eigenvalue weighted by Crippen LogP contribution is 2.21. The maximum absolute atomic E-state index is 13.2. The van der Waals surface area contributed by atoms with Crippen molar-refractivity contribution in [3.8, 4) is 0 Å². The van der Waals surface area contributed by atoms with E-state index < -0.39 is 12.1 Å². The molecule has 3 amide bonds. The molecule has 0 bridgehead atoms. The first-order valence-corrected chi connectivity index (χ1v) is 5.50. The molecule has 1 fully saturated rings. The summed E-state index contributed by atoms with van der Waals surface area (Å²) >= 11 is 0.